The number of para-hydroxylation sites is 1. The lowest BCUT2D eigenvalue weighted by atomic mass is 9.98. The Morgan fingerprint density at radius 1 is 0.783 bits per heavy atom. The third-order valence-corrected chi connectivity index (χ3v) is 4.64. The van der Waals surface area contributed by atoms with Crippen LogP contribution in [-0.2, 0) is 6.42 Å². The maximum absolute atomic E-state index is 3.57. The Labute approximate surface area is 139 Å². The fourth-order valence-electron chi connectivity index (χ4n) is 3.32. The van der Waals surface area contributed by atoms with Gasteiger partial charge in [-0.1, -0.05) is 81.5 Å². The van der Waals surface area contributed by atoms with E-state index in [-0.39, 0.29) is 0 Å². The summed E-state index contributed by atoms with van der Waals surface area (Å²) in [5.41, 5.74) is 5.29. The minimum atomic E-state index is 1.18. The maximum atomic E-state index is 3.57. The summed E-state index contributed by atoms with van der Waals surface area (Å²) in [6, 6.07) is 19.6. The van der Waals surface area contributed by atoms with Gasteiger partial charge in [-0.3, -0.25) is 0 Å². The molecule has 0 saturated heterocycles. The fourth-order valence-corrected chi connectivity index (χ4v) is 3.32. The molecule has 0 saturated carbocycles. The molecule has 0 fully saturated rings. The highest BCUT2D eigenvalue weighted by atomic mass is 14.7. The topological polar surface area (TPSA) is 15.8 Å². The Hall–Kier alpha value is -2.02. The minimum absolute atomic E-state index is 1.18. The number of aryl methyl sites for hydroxylation is 1. The summed E-state index contributed by atoms with van der Waals surface area (Å²) in [4.78, 5) is 3.57. The Morgan fingerprint density at radius 3 is 2.39 bits per heavy atom. The van der Waals surface area contributed by atoms with E-state index in [4.69, 9.17) is 0 Å². The number of rotatable bonds is 8. The van der Waals surface area contributed by atoms with Gasteiger partial charge in [-0.05, 0) is 30.5 Å². The second kappa shape index (κ2) is 8.01. The highest BCUT2D eigenvalue weighted by Crippen LogP contribution is 2.28. The number of unbranched alkanes of at least 4 members (excludes halogenated alkanes) is 5. The van der Waals surface area contributed by atoms with Crippen LogP contribution in [0.15, 0.2) is 54.6 Å². The molecular formula is C22H27N. The summed E-state index contributed by atoms with van der Waals surface area (Å²) in [6.45, 7) is 2.27. The van der Waals surface area contributed by atoms with Crippen LogP contribution in [0.1, 0.15) is 51.0 Å². The second-order valence-electron chi connectivity index (χ2n) is 6.45. The molecule has 0 aliphatic rings. The molecule has 1 heteroatoms. The van der Waals surface area contributed by atoms with E-state index in [9.17, 15) is 0 Å². The van der Waals surface area contributed by atoms with E-state index in [1.807, 2.05) is 0 Å². The second-order valence-corrected chi connectivity index (χ2v) is 6.45. The Bertz CT molecular complexity index is 705. The predicted molar refractivity (Wildman–Crippen MR) is 101 cm³/mol. The van der Waals surface area contributed by atoms with Gasteiger partial charge in [-0.2, -0.15) is 0 Å². The number of H-pyrrole nitrogens is 1. The summed E-state index contributed by atoms with van der Waals surface area (Å²) >= 11 is 0. The molecule has 23 heavy (non-hydrogen) atoms. The average molecular weight is 305 g/mol. The van der Waals surface area contributed by atoms with E-state index < -0.39 is 0 Å². The first-order valence-electron chi connectivity index (χ1n) is 9.04. The summed E-state index contributed by atoms with van der Waals surface area (Å²) in [5, 5.41) is 1.29. The largest absolute Gasteiger partial charge is 0.355 e. The molecule has 1 nitrogen and oxygen atoms in total. The SMILES string of the molecule is CCCCCCCCc1ccccc1-c1cc2ccccc2[nH]1. The molecule has 2 aromatic carbocycles. The van der Waals surface area contributed by atoms with Crippen LogP contribution in [0.3, 0.4) is 0 Å². The van der Waals surface area contributed by atoms with Crippen molar-refractivity contribution in [3.8, 4) is 11.3 Å². The maximum Gasteiger partial charge on any atom is 0.0467 e. The van der Waals surface area contributed by atoms with Gasteiger partial charge in [0.2, 0.25) is 0 Å². The van der Waals surface area contributed by atoms with Gasteiger partial charge in [0, 0.05) is 22.2 Å². The lowest BCUT2D eigenvalue weighted by Crippen LogP contribution is -1.91. The van der Waals surface area contributed by atoms with Crippen LogP contribution in [0.5, 0.6) is 0 Å². The van der Waals surface area contributed by atoms with Crippen molar-refractivity contribution < 1.29 is 0 Å². The van der Waals surface area contributed by atoms with Crippen LogP contribution in [0.4, 0.5) is 0 Å². The summed E-state index contributed by atoms with van der Waals surface area (Å²) in [6.07, 6.45) is 9.29. The van der Waals surface area contributed by atoms with Gasteiger partial charge < -0.3 is 4.98 Å². The first-order valence-corrected chi connectivity index (χ1v) is 9.04. The van der Waals surface area contributed by atoms with Gasteiger partial charge in [0.25, 0.3) is 0 Å². The molecule has 0 atom stereocenters. The monoisotopic (exact) mass is 305 g/mol. The van der Waals surface area contributed by atoms with Crippen molar-refractivity contribution in [3.63, 3.8) is 0 Å². The predicted octanol–water partition coefficient (Wildman–Crippen LogP) is 6.74. The van der Waals surface area contributed by atoms with Gasteiger partial charge in [0.15, 0.2) is 0 Å². The van der Waals surface area contributed by atoms with Crippen LogP contribution in [-0.4, -0.2) is 4.98 Å². The Balaban J connectivity index is 1.70. The molecule has 120 valence electrons. The van der Waals surface area contributed by atoms with Crippen molar-refractivity contribution in [2.24, 2.45) is 0 Å². The lowest BCUT2D eigenvalue weighted by Gasteiger charge is -2.08. The Kier molecular flexibility index (Phi) is 5.52. The van der Waals surface area contributed by atoms with E-state index in [0.717, 1.165) is 0 Å². The quantitative estimate of drug-likeness (QED) is 0.444. The molecule has 3 aromatic rings. The number of aromatic amines is 1. The van der Waals surface area contributed by atoms with Gasteiger partial charge in [0.05, 0.1) is 0 Å². The van der Waals surface area contributed by atoms with Gasteiger partial charge >= 0.3 is 0 Å². The van der Waals surface area contributed by atoms with Gasteiger partial charge in [0.1, 0.15) is 0 Å². The van der Waals surface area contributed by atoms with E-state index in [0.29, 0.717) is 0 Å². The zero-order valence-corrected chi connectivity index (χ0v) is 14.1. The van der Waals surface area contributed by atoms with E-state index >= 15 is 0 Å². The van der Waals surface area contributed by atoms with Crippen molar-refractivity contribution in [1.29, 1.82) is 0 Å². The number of hydrogen-bond donors (Lipinski definition) is 1. The molecule has 0 aliphatic carbocycles. The van der Waals surface area contributed by atoms with Crippen LogP contribution in [0.25, 0.3) is 22.2 Å². The summed E-state index contributed by atoms with van der Waals surface area (Å²) in [7, 11) is 0. The van der Waals surface area contributed by atoms with Gasteiger partial charge in [-0.25, -0.2) is 0 Å². The molecule has 0 amide bonds. The molecule has 0 bridgehead atoms. The van der Waals surface area contributed by atoms with E-state index in [2.05, 4.69) is 66.5 Å². The standard InChI is InChI=1S/C22H27N/c1-2-3-4-5-6-7-12-18-13-8-10-15-20(18)22-17-19-14-9-11-16-21(19)23-22/h8-11,13-17,23H,2-7,12H2,1H3. The molecule has 0 spiro atoms. The summed E-state index contributed by atoms with van der Waals surface area (Å²) < 4.78 is 0. The molecule has 0 unspecified atom stereocenters. The minimum Gasteiger partial charge on any atom is -0.355 e. The van der Waals surface area contributed by atoms with E-state index in [1.165, 1.54) is 72.7 Å². The van der Waals surface area contributed by atoms with E-state index in [1.54, 1.807) is 0 Å². The van der Waals surface area contributed by atoms with Crippen LogP contribution < -0.4 is 0 Å². The molecule has 1 heterocycles. The number of benzene rings is 2. The van der Waals surface area contributed by atoms with Crippen molar-refractivity contribution in [1.82, 2.24) is 4.98 Å². The highest BCUT2D eigenvalue weighted by Gasteiger charge is 2.07. The first-order chi connectivity index (χ1) is 11.4. The van der Waals surface area contributed by atoms with Gasteiger partial charge in [-0.15, -0.1) is 0 Å². The number of nitrogens with one attached hydrogen (secondary N) is 1. The van der Waals surface area contributed by atoms with Crippen LogP contribution >= 0.6 is 0 Å². The van der Waals surface area contributed by atoms with Crippen LogP contribution in [0, 0.1) is 0 Å². The fraction of sp³-hybridized carbons (Fsp3) is 0.364. The zero-order valence-electron chi connectivity index (χ0n) is 14.1. The third-order valence-electron chi connectivity index (χ3n) is 4.64. The molecule has 1 aromatic heterocycles. The molecule has 1 N–H and O–H groups in total. The number of hydrogen-bond acceptors (Lipinski definition) is 0. The zero-order chi connectivity index (χ0) is 15.9. The highest BCUT2D eigenvalue weighted by molar-refractivity contribution is 5.86. The van der Waals surface area contributed by atoms with Crippen molar-refractivity contribution in [3.05, 3.63) is 60.2 Å². The summed E-state index contributed by atoms with van der Waals surface area (Å²) in [5.74, 6) is 0. The van der Waals surface area contributed by atoms with Crippen LogP contribution in [0.2, 0.25) is 0 Å². The average Bonchev–Trinajstić information content (AvgIpc) is 3.02. The van der Waals surface area contributed by atoms with Crippen molar-refractivity contribution in [2.45, 2.75) is 51.9 Å². The third kappa shape index (κ3) is 4.04. The number of aromatic nitrogens is 1. The molecular weight excluding hydrogens is 278 g/mol. The van der Waals surface area contributed by atoms with Crippen molar-refractivity contribution in [2.75, 3.05) is 0 Å². The van der Waals surface area contributed by atoms with Crippen molar-refractivity contribution >= 4 is 10.9 Å². The lowest BCUT2D eigenvalue weighted by molar-refractivity contribution is 0.608. The first kappa shape index (κ1) is 15.9. The molecule has 3 rings (SSSR count). The Morgan fingerprint density at radius 2 is 1.52 bits per heavy atom. The normalized spacial score (nSPS) is 11.2. The smallest absolute Gasteiger partial charge is 0.0467 e. The molecule has 0 radical (unpaired) electrons. The molecule has 0 aliphatic heterocycles. The number of fused-ring (bicyclic) bond motifs is 1.